The normalized spacial score (nSPS) is 10.6. The third-order valence-electron chi connectivity index (χ3n) is 3.47. The van der Waals surface area contributed by atoms with Gasteiger partial charge in [-0.05, 0) is 48.5 Å². The molecular weight excluding hydrogens is 366 g/mol. The molecule has 8 nitrogen and oxygen atoms in total. The Morgan fingerprint density at radius 1 is 1.00 bits per heavy atom. The molecule has 0 saturated heterocycles. The molecule has 2 N–H and O–H groups in total. The summed E-state index contributed by atoms with van der Waals surface area (Å²) in [5.74, 6) is -0.439. The number of carbonyl (C=O) groups excluding carboxylic acids is 1. The van der Waals surface area contributed by atoms with Crippen LogP contribution in [-0.4, -0.2) is 24.3 Å². The molecular formula is C18H13N5O3S. The topological polar surface area (TPSA) is 125 Å². The van der Waals surface area contributed by atoms with Gasteiger partial charge in [-0.2, -0.15) is 5.26 Å². The quantitative estimate of drug-likeness (QED) is 0.701. The first-order valence-electron chi connectivity index (χ1n) is 7.69. The van der Waals surface area contributed by atoms with Crippen molar-refractivity contribution in [2.45, 2.75) is 4.90 Å². The Morgan fingerprint density at radius 2 is 1.70 bits per heavy atom. The summed E-state index contributed by atoms with van der Waals surface area (Å²) in [7, 11) is -3.84. The summed E-state index contributed by atoms with van der Waals surface area (Å²) in [4.78, 5) is 19.9. The van der Waals surface area contributed by atoms with Gasteiger partial charge in [0.2, 0.25) is 5.95 Å². The number of nitriles is 1. The number of rotatable bonds is 5. The van der Waals surface area contributed by atoms with E-state index in [4.69, 9.17) is 5.26 Å². The highest BCUT2D eigenvalue weighted by Gasteiger charge is 2.15. The fraction of sp³-hybridized carbons (Fsp3) is 0. The van der Waals surface area contributed by atoms with E-state index in [1.54, 1.807) is 24.3 Å². The van der Waals surface area contributed by atoms with Crippen LogP contribution in [0.25, 0.3) is 0 Å². The summed E-state index contributed by atoms with van der Waals surface area (Å²) >= 11 is 0. The Kier molecular flexibility index (Phi) is 5.10. The van der Waals surface area contributed by atoms with Gasteiger partial charge in [-0.3, -0.25) is 4.79 Å². The predicted molar refractivity (Wildman–Crippen MR) is 98.4 cm³/mol. The van der Waals surface area contributed by atoms with Gasteiger partial charge in [0.1, 0.15) is 0 Å². The van der Waals surface area contributed by atoms with Crippen LogP contribution in [0.4, 0.5) is 11.6 Å². The maximum Gasteiger partial charge on any atom is 0.264 e. The fourth-order valence-electron chi connectivity index (χ4n) is 2.18. The number of anilines is 2. The zero-order valence-corrected chi connectivity index (χ0v) is 14.6. The van der Waals surface area contributed by atoms with Crippen molar-refractivity contribution in [3.63, 3.8) is 0 Å². The molecule has 3 aromatic rings. The minimum absolute atomic E-state index is 0.000528. The number of benzene rings is 2. The van der Waals surface area contributed by atoms with Gasteiger partial charge in [-0.1, -0.05) is 6.07 Å². The molecule has 3 rings (SSSR count). The van der Waals surface area contributed by atoms with Crippen LogP contribution in [0.15, 0.2) is 71.9 Å². The van der Waals surface area contributed by atoms with Crippen molar-refractivity contribution in [2.75, 3.05) is 10.0 Å². The van der Waals surface area contributed by atoms with E-state index < -0.39 is 15.9 Å². The zero-order valence-electron chi connectivity index (χ0n) is 13.8. The molecule has 1 amide bonds. The highest BCUT2D eigenvalue weighted by Crippen LogP contribution is 2.17. The lowest BCUT2D eigenvalue weighted by molar-refractivity contribution is 0.102. The molecule has 0 saturated carbocycles. The first kappa shape index (κ1) is 18.0. The summed E-state index contributed by atoms with van der Waals surface area (Å²) < 4.78 is 26.9. The van der Waals surface area contributed by atoms with Gasteiger partial charge >= 0.3 is 0 Å². The van der Waals surface area contributed by atoms with Gasteiger partial charge in [0.05, 0.1) is 16.5 Å². The number of aromatic nitrogens is 2. The van der Waals surface area contributed by atoms with Crippen molar-refractivity contribution in [3.8, 4) is 6.07 Å². The summed E-state index contributed by atoms with van der Waals surface area (Å²) in [6, 6.07) is 15.4. The second-order valence-corrected chi connectivity index (χ2v) is 7.03. The lowest BCUT2D eigenvalue weighted by atomic mass is 10.1. The van der Waals surface area contributed by atoms with Gasteiger partial charge in [0.15, 0.2) is 0 Å². The Labute approximate surface area is 155 Å². The van der Waals surface area contributed by atoms with Crippen LogP contribution in [0.5, 0.6) is 0 Å². The molecule has 1 aromatic heterocycles. The van der Waals surface area contributed by atoms with Gasteiger partial charge in [0, 0.05) is 23.6 Å². The van der Waals surface area contributed by atoms with Crippen LogP contribution in [-0.2, 0) is 10.0 Å². The van der Waals surface area contributed by atoms with Crippen molar-refractivity contribution in [1.82, 2.24) is 9.97 Å². The average Bonchev–Trinajstić information content (AvgIpc) is 2.69. The first-order chi connectivity index (χ1) is 13.0. The number of carbonyl (C=O) groups is 1. The molecule has 0 spiro atoms. The van der Waals surface area contributed by atoms with Crippen LogP contribution in [0.2, 0.25) is 0 Å². The molecule has 0 aliphatic carbocycles. The lowest BCUT2D eigenvalue weighted by Crippen LogP contribution is -2.15. The van der Waals surface area contributed by atoms with Crippen LogP contribution < -0.4 is 10.0 Å². The summed E-state index contributed by atoms with van der Waals surface area (Å²) in [6.07, 6.45) is 2.84. The molecule has 0 bridgehead atoms. The maximum absolute atomic E-state index is 12.3. The standard InChI is InChI=1S/C18H13N5O3S/c19-12-13-3-1-4-14(11-13)17(24)22-15-5-7-16(8-6-15)27(25,26)23-18-20-9-2-10-21-18/h1-11H,(H,22,24)(H,20,21,23). The van der Waals surface area contributed by atoms with Crippen LogP contribution in [0, 0.1) is 11.3 Å². The molecule has 27 heavy (non-hydrogen) atoms. The number of nitrogens with one attached hydrogen (secondary N) is 2. The lowest BCUT2D eigenvalue weighted by Gasteiger charge is -2.08. The van der Waals surface area contributed by atoms with Crippen LogP contribution in [0.1, 0.15) is 15.9 Å². The van der Waals surface area contributed by atoms with E-state index in [0.717, 1.165) is 0 Å². The molecule has 0 fully saturated rings. The smallest absolute Gasteiger partial charge is 0.264 e. The van der Waals surface area contributed by atoms with E-state index in [9.17, 15) is 13.2 Å². The van der Waals surface area contributed by atoms with E-state index in [0.29, 0.717) is 16.8 Å². The van der Waals surface area contributed by atoms with Crippen molar-refractivity contribution in [3.05, 3.63) is 78.1 Å². The first-order valence-corrected chi connectivity index (χ1v) is 9.18. The molecule has 0 radical (unpaired) electrons. The van der Waals surface area contributed by atoms with Crippen molar-refractivity contribution in [2.24, 2.45) is 0 Å². The Balaban J connectivity index is 1.73. The highest BCUT2D eigenvalue weighted by molar-refractivity contribution is 7.92. The van der Waals surface area contributed by atoms with Gasteiger partial charge in [-0.25, -0.2) is 23.1 Å². The van der Waals surface area contributed by atoms with Crippen molar-refractivity contribution >= 4 is 27.6 Å². The second kappa shape index (κ2) is 7.63. The van der Waals surface area contributed by atoms with E-state index in [2.05, 4.69) is 20.0 Å². The third-order valence-corrected chi connectivity index (χ3v) is 4.81. The monoisotopic (exact) mass is 379 g/mol. The van der Waals surface area contributed by atoms with E-state index in [-0.39, 0.29) is 10.8 Å². The molecule has 1 heterocycles. The minimum Gasteiger partial charge on any atom is -0.322 e. The molecule has 0 atom stereocenters. The minimum atomic E-state index is -3.84. The highest BCUT2D eigenvalue weighted by atomic mass is 32.2. The summed E-state index contributed by atoms with van der Waals surface area (Å²) in [6.45, 7) is 0. The SMILES string of the molecule is N#Cc1cccc(C(=O)Nc2ccc(S(=O)(=O)Nc3ncccn3)cc2)c1. The molecule has 0 aliphatic heterocycles. The molecule has 9 heteroatoms. The second-order valence-electron chi connectivity index (χ2n) is 5.35. The van der Waals surface area contributed by atoms with Crippen LogP contribution >= 0.6 is 0 Å². The molecule has 0 aliphatic rings. The number of hydrogen-bond acceptors (Lipinski definition) is 6. The third kappa shape index (κ3) is 4.45. The molecule has 134 valence electrons. The summed E-state index contributed by atoms with van der Waals surface area (Å²) in [5.41, 5.74) is 1.12. The van der Waals surface area contributed by atoms with E-state index >= 15 is 0 Å². The van der Waals surface area contributed by atoms with Crippen molar-refractivity contribution < 1.29 is 13.2 Å². The Hall–Kier alpha value is -3.77. The number of sulfonamides is 1. The predicted octanol–water partition coefficient (Wildman–Crippen LogP) is 2.40. The van der Waals surface area contributed by atoms with E-state index in [1.165, 1.54) is 42.7 Å². The molecule has 0 unspecified atom stereocenters. The zero-order chi connectivity index (χ0) is 19.3. The molecule has 2 aromatic carbocycles. The largest absolute Gasteiger partial charge is 0.322 e. The maximum atomic E-state index is 12.3. The van der Waals surface area contributed by atoms with Crippen LogP contribution in [0.3, 0.4) is 0 Å². The van der Waals surface area contributed by atoms with Gasteiger partial charge in [-0.15, -0.1) is 0 Å². The summed E-state index contributed by atoms with van der Waals surface area (Å²) in [5, 5.41) is 11.5. The number of hydrogen-bond donors (Lipinski definition) is 2. The number of amides is 1. The van der Waals surface area contributed by atoms with Gasteiger partial charge in [0.25, 0.3) is 15.9 Å². The Morgan fingerprint density at radius 3 is 2.37 bits per heavy atom. The van der Waals surface area contributed by atoms with Gasteiger partial charge < -0.3 is 5.32 Å². The fourth-order valence-corrected chi connectivity index (χ4v) is 3.14. The van der Waals surface area contributed by atoms with E-state index in [1.807, 2.05) is 6.07 Å². The Bertz CT molecular complexity index is 1110. The van der Waals surface area contributed by atoms with Crippen molar-refractivity contribution in [1.29, 1.82) is 5.26 Å². The number of nitrogens with zero attached hydrogens (tertiary/aromatic N) is 3. The average molecular weight is 379 g/mol.